The number of ether oxygens (including phenoxy) is 2. The molecule has 0 N–H and O–H groups in total. The lowest BCUT2D eigenvalue weighted by molar-refractivity contribution is -0.129. The van der Waals surface area contributed by atoms with E-state index in [1.54, 1.807) is 25.3 Å². The van der Waals surface area contributed by atoms with Crippen molar-refractivity contribution in [3.63, 3.8) is 0 Å². The van der Waals surface area contributed by atoms with Crippen molar-refractivity contribution in [2.45, 2.75) is 59.7 Å². The number of nitrogens with zero attached hydrogens (tertiary/aromatic N) is 1. The van der Waals surface area contributed by atoms with E-state index in [9.17, 15) is 4.79 Å². The topological polar surface area (TPSA) is 38.8 Å². The van der Waals surface area contributed by atoms with Gasteiger partial charge in [0.25, 0.3) is 0 Å². The zero-order chi connectivity index (χ0) is 18.4. The number of hydrogen-bond donors (Lipinski definition) is 0. The van der Waals surface area contributed by atoms with Crippen molar-refractivity contribution in [1.29, 1.82) is 0 Å². The molecule has 0 saturated carbocycles. The van der Waals surface area contributed by atoms with Crippen LogP contribution in [-0.4, -0.2) is 36.1 Å². The Kier molecular flexibility index (Phi) is 7.61. The van der Waals surface area contributed by atoms with E-state index in [1.165, 1.54) is 0 Å². The first-order chi connectivity index (χ1) is 11.2. The van der Waals surface area contributed by atoms with E-state index in [-0.39, 0.29) is 24.1 Å². The minimum Gasteiger partial charge on any atom is -0.493 e. The van der Waals surface area contributed by atoms with Crippen molar-refractivity contribution >= 4 is 23.6 Å². The molecule has 0 aromatic heterocycles. The summed E-state index contributed by atoms with van der Waals surface area (Å²) in [4.78, 5) is 14.2. The number of hydrogen-bond acceptors (Lipinski definition) is 3. The van der Waals surface area contributed by atoms with Gasteiger partial charge in [0.15, 0.2) is 11.5 Å². The van der Waals surface area contributed by atoms with E-state index in [2.05, 4.69) is 0 Å². The van der Waals surface area contributed by atoms with E-state index >= 15 is 0 Å². The monoisotopic (exact) mass is 353 g/mol. The molecule has 4 nitrogen and oxygen atoms in total. The number of halogens is 1. The number of benzene rings is 1. The van der Waals surface area contributed by atoms with Crippen LogP contribution in [0.25, 0.3) is 6.08 Å². The van der Waals surface area contributed by atoms with E-state index in [0.717, 1.165) is 5.56 Å². The fraction of sp³-hybridized carbons (Fsp3) is 0.526. The smallest absolute Gasteiger partial charge is 0.247 e. The first-order valence-corrected chi connectivity index (χ1v) is 8.59. The lowest BCUT2D eigenvalue weighted by Crippen LogP contribution is -2.41. The fourth-order valence-electron chi connectivity index (χ4n) is 2.54. The Balaban J connectivity index is 3.07. The molecule has 0 radical (unpaired) electrons. The van der Waals surface area contributed by atoms with Gasteiger partial charge in [-0.05, 0) is 65.3 Å². The van der Waals surface area contributed by atoms with Gasteiger partial charge in [0.2, 0.25) is 5.91 Å². The average Bonchev–Trinajstić information content (AvgIpc) is 2.46. The van der Waals surface area contributed by atoms with E-state index in [1.807, 2.05) is 52.5 Å². The molecule has 0 aliphatic heterocycles. The molecule has 0 bridgehead atoms. The largest absolute Gasteiger partial charge is 0.493 e. The van der Waals surface area contributed by atoms with Crippen LogP contribution in [0, 0.1) is 0 Å². The highest BCUT2D eigenvalue weighted by Gasteiger charge is 2.18. The first-order valence-electron chi connectivity index (χ1n) is 8.21. The van der Waals surface area contributed by atoms with Crippen LogP contribution in [-0.2, 0) is 4.79 Å². The summed E-state index contributed by atoms with van der Waals surface area (Å²) in [5.41, 5.74) is 0.786. The van der Waals surface area contributed by atoms with Crippen LogP contribution in [0.3, 0.4) is 0 Å². The van der Waals surface area contributed by atoms with Crippen LogP contribution in [0.5, 0.6) is 11.5 Å². The molecular formula is C19H28ClNO3. The molecule has 0 saturated heterocycles. The van der Waals surface area contributed by atoms with Crippen molar-refractivity contribution in [2.75, 3.05) is 7.11 Å². The van der Waals surface area contributed by atoms with E-state index in [0.29, 0.717) is 16.5 Å². The van der Waals surface area contributed by atoms with Crippen molar-refractivity contribution in [3.05, 3.63) is 28.8 Å². The normalized spacial score (nSPS) is 11.6. The zero-order valence-electron chi connectivity index (χ0n) is 15.6. The number of rotatable bonds is 7. The third-order valence-corrected chi connectivity index (χ3v) is 3.67. The van der Waals surface area contributed by atoms with Crippen molar-refractivity contribution in [3.8, 4) is 11.5 Å². The second-order valence-electron chi connectivity index (χ2n) is 6.47. The van der Waals surface area contributed by atoms with Gasteiger partial charge in [0.05, 0.1) is 18.2 Å². The van der Waals surface area contributed by atoms with Gasteiger partial charge in [-0.25, -0.2) is 0 Å². The van der Waals surface area contributed by atoms with Gasteiger partial charge in [-0.15, -0.1) is 0 Å². The summed E-state index contributed by atoms with van der Waals surface area (Å²) in [6.07, 6.45) is 3.30. The van der Waals surface area contributed by atoms with Gasteiger partial charge in [-0.1, -0.05) is 11.6 Å². The Hall–Kier alpha value is -1.68. The highest BCUT2D eigenvalue weighted by molar-refractivity contribution is 6.32. The maximum Gasteiger partial charge on any atom is 0.247 e. The summed E-state index contributed by atoms with van der Waals surface area (Å²) in [5, 5.41) is 0.458. The third-order valence-electron chi connectivity index (χ3n) is 3.39. The molecule has 1 aromatic rings. The minimum absolute atomic E-state index is 0.00925. The standard InChI is InChI=1S/C19H28ClNO3/c1-12(2)21(13(3)4)18(22)9-8-15-10-16(20)19(24-14(5)6)17(11-15)23-7/h8-14H,1-7H3/b9-8-. The molecule has 0 aliphatic rings. The number of methoxy groups -OCH3 is 1. The summed E-state index contributed by atoms with van der Waals surface area (Å²) in [7, 11) is 1.57. The molecule has 0 atom stereocenters. The van der Waals surface area contributed by atoms with Crippen molar-refractivity contribution < 1.29 is 14.3 Å². The zero-order valence-corrected chi connectivity index (χ0v) is 16.3. The second-order valence-corrected chi connectivity index (χ2v) is 6.87. The van der Waals surface area contributed by atoms with Gasteiger partial charge in [-0.2, -0.15) is 0 Å². The van der Waals surface area contributed by atoms with Crippen LogP contribution in [0.2, 0.25) is 5.02 Å². The predicted molar refractivity (Wildman–Crippen MR) is 99.9 cm³/mol. The summed E-state index contributed by atoms with van der Waals surface area (Å²) >= 11 is 6.30. The maximum atomic E-state index is 12.4. The molecule has 1 amide bonds. The molecule has 0 heterocycles. The van der Waals surface area contributed by atoms with E-state index < -0.39 is 0 Å². The Bertz CT molecular complexity index is 587. The lowest BCUT2D eigenvalue weighted by atomic mass is 10.1. The molecule has 0 spiro atoms. The molecule has 1 aromatic carbocycles. The molecule has 5 heteroatoms. The van der Waals surface area contributed by atoms with Crippen LogP contribution in [0.4, 0.5) is 0 Å². The molecule has 0 fully saturated rings. The molecular weight excluding hydrogens is 326 g/mol. The molecule has 1 rings (SSSR count). The Labute approximate surface area is 150 Å². The molecule has 24 heavy (non-hydrogen) atoms. The molecule has 134 valence electrons. The van der Waals surface area contributed by atoms with Crippen LogP contribution >= 0.6 is 11.6 Å². The molecule has 0 unspecified atom stereocenters. The van der Waals surface area contributed by atoms with Gasteiger partial charge in [0.1, 0.15) is 0 Å². The van der Waals surface area contributed by atoms with E-state index in [4.69, 9.17) is 21.1 Å². The second kappa shape index (κ2) is 8.97. The number of carbonyl (C=O) groups is 1. The summed E-state index contributed by atoms with van der Waals surface area (Å²) in [5.74, 6) is 1.04. The highest BCUT2D eigenvalue weighted by atomic mass is 35.5. The van der Waals surface area contributed by atoms with Crippen molar-refractivity contribution in [1.82, 2.24) is 4.90 Å². The summed E-state index contributed by atoms with van der Waals surface area (Å²) < 4.78 is 11.1. The highest BCUT2D eigenvalue weighted by Crippen LogP contribution is 2.37. The van der Waals surface area contributed by atoms with Gasteiger partial charge in [-0.3, -0.25) is 4.79 Å². The number of carbonyl (C=O) groups excluding carboxylic acids is 1. The van der Waals surface area contributed by atoms with Crippen LogP contribution in [0.1, 0.15) is 47.1 Å². The summed E-state index contributed by atoms with van der Waals surface area (Å²) in [6, 6.07) is 3.85. The Morgan fingerprint density at radius 2 is 1.71 bits per heavy atom. The lowest BCUT2D eigenvalue weighted by Gasteiger charge is -2.29. The maximum absolute atomic E-state index is 12.4. The average molecular weight is 354 g/mol. The predicted octanol–water partition coefficient (Wildman–Crippen LogP) is 4.79. The summed E-state index contributed by atoms with van der Waals surface area (Å²) in [6.45, 7) is 11.9. The van der Waals surface area contributed by atoms with Crippen LogP contribution in [0.15, 0.2) is 18.2 Å². The Morgan fingerprint density at radius 3 is 2.17 bits per heavy atom. The Morgan fingerprint density at radius 1 is 1.12 bits per heavy atom. The fourth-order valence-corrected chi connectivity index (χ4v) is 2.81. The van der Waals surface area contributed by atoms with Gasteiger partial charge >= 0.3 is 0 Å². The minimum atomic E-state index is -0.0300. The number of amides is 1. The van der Waals surface area contributed by atoms with Crippen LogP contribution < -0.4 is 9.47 Å². The van der Waals surface area contributed by atoms with Gasteiger partial charge in [0, 0.05) is 18.2 Å². The quantitative estimate of drug-likeness (QED) is 0.661. The SMILES string of the molecule is COc1cc(/C=C\C(=O)N(C(C)C)C(C)C)cc(Cl)c1OC(C)C. The van der Waals surface area contributed by atoms with Crippen molar-refractivity contribution in [2.24, 2.45) is 0 Å². The first kappa shape index (κ1) is 20.4. The molecule has 0 aliphatic carbocycles. The third kappa shape index (κ3) is 5.45. The van der Waals surface area contributed by atoms with Gasteiger partial charge < -0.3 is 14.4 Å².